The molecule has 0 radical (unpaired) electrons. The number of aliphatic hydroxyl groups is 2. The first-order chi connectivity index (χ1) is 12.5. The maximum Gasteiger partial charge on any atom is 0.375 e. The highest BCUT2D eigenvalue weighted by molar-refractivity contribution is 6.36. The van der Waals surface area contributed by atoms with E-state index < -0.39 is 28.9 Å². The Morgan fingerprint density at radius 2 is 1.85 bits per heavy atom. The number of hydrogen-bond donors (Lipinski definition) is 3. The summed E-state index contributed by atoms with van der Waals surface area (Å²) < 4.78 is 0. The van der Waals surface area contributed by atoms with Gasteiger partial charge in [0, 0.05) is 11.8 Å². The van der Waals surface area contributed by atoms with E-state index in [1.165, 1.54) is 0 Å². The van der Waals surface area contributed by atoms with E-state index in [0.29, 0.717) is 12.8 Å². The average molecular weight is 376 g/mol. The zero-order chi connectivity index (χ0) is 19.8. The molecule has 4 rings (SSSR count). The molecule has 0 aromatic carbocycles. The molecule has 3 N–H and O–H groups in total. The molecule has 27 heavy (non-hydrogen) atoms. The van der Waals surface area contributed by atoms with E-state index in [-0.39, 0.29) is 41.8 Å². The summed E-state index contributed by atoms with van der Waals surface area (Å²) in [5.41, 5.74) is -1.98. The van der Waals surface area contributed by atoms with Gasteiger partial charge in [-0.2, -0.15) is 0 Å². The van der Waals surface area contributed by atoms with Gasteiger partial charge in [0.15, 0.2) is 5.78 Å². The van der Waals surface area contributed by atoms with Crippen LogP contribution in [0.5, 0.6) is 0 Å². The lowest BCUT2D eigenvalue weighted by Gasteiger charge is -2.60. The van der Waals surface area contributed by atoms with Crippen LogP contribution in [0.3, 0.4) is 0 Å². The number of aliphatic hydroxyl groups excluding tert-OH is 1. The van der Waals surface area contributed by atoms with Crippen molar-refractivity contribution in [1.29, 1.82) is 0 Å². The Morgan fingerprint density at radius 1 is 1.15 bits per heavy atom. The molecule has 3 fully saturated rings. The largest absolute Gasteiger partial charge is 0.475 e. The summed E-state index contributed by atoms with van der Waals surface area (Å²) in [6.07, 6.45) is 4.76. The first-order valence-corrected chi connectivity index (χ1v) is 9.96. The number of carbonyl (C=O) groups excluding carboxylic acids is 2. The summed E-state index contributed by atoms with van der Waals surface area (Å²) in [5.74, 6) is -2.52. The highest BCUT2D eigenvalue weighted by Gasteiger charge is 2.69. The minimum absolute atomic E-state index is 0.00444. The van der Waals surface area contributed by atoms with Gasteiger partial charge in [-0.25, -0.2) is 4.79 Å². The lowest BCUT2D eigenvalue weighted by atomic mass is 9.45. The Labute approximate surface area is 158 Å². The van der Waals surface area contributed by atoms with Crippen LogP contribution in [0, 0.1) is 28.6 Å². The van der Waals surface area contributed by atoms with Crippen LogP contribution in [-0.2, 0) is 14.4 Å². The number of aliphatic carboxylic acids is 1. The molecule has 0 aliphatic heterocycles. The van der Waals surface area contributed by atoms with Crippen LogP contribution in [0.1, 0.15) is 58.8 Å². The van der Waals surface area contributed by atoms with Crippen molar-refractivity contribution < 1.29 is 29.7 Å². The average Bonchev–Trinajstić information content (AvgIpc) is 2.86. The van der Waals surface area contributed by atoms with Crippen LogP contribution >= 0.6 is 0 Å². The quantitative estimate of drug-likeness (QED) is 0.635. The molecular formula is C21H28O6. The predicted molar refractivity (Wildman–Crippen MR) is 95.7 cm³/mol. The fraction of sp³-hybridized carbons (Fsp3) is 0.762. The normalized spacial score (nSPS) is 48.9. The van der Waals surface area contributed by atoms with E-state index in [2.05, 4.69) is 6.92 Å². The Bertz CT molecular complexity index is 756. The molecule has 0 heterocycles. The molecule has 4 aliphatic carbocycles. The third kappa shape index (κ3) is 2.29. The number of hydrogen-bond acceptors (Lipinski definition) is 5. The van der Waals surface area contributed by atoms with Crippen molar-refractivity contribution >= 4 is 17.5 Å². The molecule has 7 atom stereocenters. The summed E-state index contributed by atoms with van der Waals surface area (Å²) in [4.78, 5) is 35.6. The smallest absolute Gasteiger partial charge is 0.375 e. The summed E-state index contributed by atoms with van der Waals surface area (Å²) in [5, 5.41) is 31.5. The van der Waals surface area contributed by atoms with Crippen LogP contribution in [0.2, 0.25) is 0 Å². The van der Waals surface area contributed by atoms with Gasteiger partial charge in [-0.05, 0) is 67.8 Å². The predicted octanol–water partition coefficient (Wildman–Crippen LogP) is 1.87. The maximum atomic E-state index is 12.3. The summed E-state index contributed by atoms with van der Waals surface area (Å²) in [6.45, 7) is 3.92. The second kappa shape index (κ2) is 5.74. The first-order valence-electron chi connectivity index (χ1n) is 9.96. The van der Waals surface area contributed by atoms with Crippen LogP contribution in [0.4, 0.5) is 0 Å². The van der Waals surface area contributed by atoms with Crippen molar-refractivity contribution in [1.82, 2.24) is 0 Å². The minimum Gasteiger partial charge on any atom is -0.475 e. The Kier molecular flexibility index (Phi) is 4.00. The third-order valence-electron chi connectivity index (χ3n) is 8.62. The number of fused-ring (bicyclic) bond motifs is 5. The standard InChI is InChI=1S/C21H28O6/c1-19-7-5-12(22)9-11(19)3-4-13-14-6-8-21(27,17(24)18(25)26)20(14,2)10-15(23)16(13)19/h9,13-16,23,27H,3-8,10H2,1-2H3,(H,25,26)/t13-,14-,15-,16+,19-,20-,21-/m0/s1. The zero-order valence-corrected chi connectivity index (χ0v) is 15.9. The van der Waals surface area contributed by atoms with E-state index in [4.69, 9.17) is 0 Å². The van der Waals surface area contributed by atoms with Crippen LogP contribution in [-0.4, -0.2) is 44.6 Å². The highest BCUT2D eigenvalue weighted by atomic mass is 16.4. The van der Waals surface area contributed by atoms with Gasteiger partial charge in [0.1, 0.15) is 5.60 Å². The molecule has 0 unspecified atom stereocenters. The Hall–Kier alpha value is -1.53. The number of carboxylic acids is 1. The Balaban J connectivity index is 1.74. The van der Waals surface area contributed by atoms with E-state index in [9.17, 15) is 29.7 Å². The number of ketones is 2. The van der Waals surface area contributed by atoms with Gasteiger partial charge in [0.25, 0.3) is 5.78 Å². The van der Waals surface area contributed by atoms with Gasteiger partial charge < -0.3 is 15.3 Å². The number of rotatable bonds is 2. The van der Waals surface area contributed by atoms with Crippen molar-refractivity contribution in [2.75, 3.05) is 0 Å². The molecule has 6 nitrogen and oxygen atoms in total. The first kappa shape index (κ1) is 18.8. The number of Topliss-reactive ketones (excluding diaryl/α,β-unsaturated/α-hetero) is 1. The maximum absolute atomic E-state index is 12.3. The number of carbonyl (C=O) groups is 3. The van der Waals surface area contributed by atoms with Crippen LogP contribution in [0.15, 0.2) is 11.6 Å². The van der Waals surface area contributed by atoms with Gasteiger partial charge in [0.2, 0.25) is 0 Å². The molecule has 6 heteroatoms. The van der Waals surface area contributed by atoms with Crippen LogP contribution < -0.4 is 0 Å². The minimum atomic E-state index is -1.92. The molecule has 0 saturated heterocycles. The number of carboxylic acid groups (broad SMARTS) is 1. The van der Waals surface area contributed by atoms with E-state index in [1.54, 1.807) is 13.0 Å². The monoisotopic (exact) mass is 376 g/mol. The SMILES string of the molecule is C[C@]12CCC(=O)C=C1CC[C@@H]1[C@@H]2[C@@H](O)C[C@@]2(C)[C@H]1CC[C@]2(O)C(=O)C(=O)O. The molecule has 0 aromatic rings. The van der Waals surface area contributed by atoms with Gasteiger partial charge in [-0.3, -0.25) is 9.59 Å². The van der Waals surface area contributed by atoms with Crippen molar-refractivity contribution in [3.05, 3.63) is 11.6 Å². The van der Waals surface area contributed by atoms with Crippen molar-refractivity contribution in [3.8, 4) is 0 Å². The number of allylic oxidation sites excluding steroid dienone is 1. The third-order valence-corrected chi connectivity index (χ3v) is 8.62. The molecule has 0 aromatic heterocycles. The fourth-order valence-electron chi connectivity index (χ4n) is 7.24. The van der Waals surface area contributed by atoms with E-state index >= 15 is 0 Å². The second-order valence-corrected chi connectivity index (χ2v) is 9.61. The molecule has 148 valence electrons. The van der Waals surface area contributed by atoms with Gasteiger partial charge in [-0.1, -0.05) is 19.4 Å². The van der Waals surface area contributed by atoms with Crippen molar-refractivity contribution in [2.45, 2.75) is 70.5 Å². The topological polar surface area (TPSA) is 112 Å². The lowest BCUT2D eigenvalue weighted by Crippen LogP contribution is -2.62. The molecule has 0 bridgehead atoms. The lowest BCUT2D eigenvalue weighted by molar-refractivity contribution is -0.186. The zero-order valence-electron chi connectivity index (χ0n) is 15.9. The highest BCUT2D eigenvalue weighted by Crippen LogP contribution is 2.67. The Morgan fingerprint density at radius 3 is 2.52 bits per heavy atom. The van der Waals surface area contributed by atoms with Gasteiger partial charge >= 0.3 is 5.97 Å². The van der Waals surface area contributed by atoms with Crippen molar-refractivity contribution in [3.63, 3.8) is 0 Å². The van der Waals surface area contributed by atoms with Gasteiger partial charge in [-0.15, -0.1) is 0 Å². The van der Waals surface area contributed by atoms with Crippen LogP contribution in [0.25, 0.3) is 0 Å². The van der Waals surface area contributed by atoms with Crippen molar-refractivity contribution in [2.24, 2.45) is 28.6 Å². The molecular weight excluding hydrogens is 348 g/mol. The van der Waals surface area contributed by atoms with Gasteiger partial charge in [0.05, 0.1) is 6.10 Å². The summed E-state index contributed by atoms with van der Waals surface area (Å²) in [7, 11) is 0. The molecule has 0 spiro atoms. The summed E-state index contributed by atoms with van der Waals surface area (Å²) >= 11 is 0. The molecule has 4 aliphatic rings. The molecule has 0 amide bonds. The van der Waals surface area contributed by atoms with E-state index in [0.717, 1.165) is 24.8 Å². The second-order valence-electron chi connectivity index (χ2n) is 9.61. The fourth-order valence-corrected chi connectivity index (χ4v) is 7.24. The summed E-state index contributed by atoms with van der Waals surface area (Å²) in [6, 6.07) is 0. The molecule has 3 saturated carbocycles. The van der Waals surface area contributed by atoms with E-state index in [1.807, 2.05) is 0 Å².